The van der Waals surface area contributed by atoms with Crippen molar-refractivity contribution in [2.75, 3.05) is 27.1 Å². The van der Waals surface area contributed by atoms with Crippen molar-refractivity contribution in [2.45, 2.75) is 31.7 Å². The molecule has 0 saturated carbocycles. The molecule has 194 valence electrons. The van der Waals surface area contributed by atoms with Crippen molar-refractivity contribution in [3.63, 3.8) is 0 Å². The van der Waals surface area contributed by atoms with Crippen LogP contribution in [-0.2, 0) is 9.53 Å². The Balaban J connectivity index is 1.40. The minimum atomic E-state index is -0.930. The Morgan fingerprint density at radius 3 is 2.32 bits per heavy atom. The Morgan fingerprint density at radius 2 is 1.73 bits per heavy atom. The van der Waals surface area contributed by atoms with E-state index in [9.17, 15) is 14.9 Å². The lowest BCUT2D eigenvalue weighted by Crippen LogP contribution is -2.24. The fraction of sp³-hybridized carbons (Fsp3) is 0.321. The summed E-state index contributed by atoms with van der Waals surface area (Å²) in [4.78, 5) is 22.0. The zero-order valence-electron chi connectivity index (χ0n) is 20.8. The highest BCUT2D eigenvalue weighted by molar-refractivity contribution is 5.78. The highest BCUT2D eigenvalue weighted by Gasteiger charge is 2.28. The quantitative estimate of drug-likeness (QED) is 0.139. The number of carboxylic acids is 1. The summed E-state index contributed by atoms with van der Waals surface area (Å²) in [5, 5.41) is 23.8. The first kappa shape index (κ1) is 26.1. The smallest absolute Gasteiger partial charge is 0.303 e. The second-order valence-electron chi connectivity index (χ2n) is 8.83. The van der Waals surface area contributed by atoms with E-state index in [1.54, 1.807) is 6.07 Å². The predicted octanol–water partition coefficient (Wildman–Crippen LogP) is 5.28. The molecule has 0 radical (unpaired) electrons. The lowest BCUT2D eigenvalue weighted by Gasteiger charge is -2.19. The van der Waals surface area contributed by atoms with Crippen molar-refractivity contribution in [3.8, 4) is 22.6 Å². The number of ether oxygens (including phenoxy) is 3. The molecular weight excluding hydrogens is 476 g/mol. The third-order valence-electron chi connectivity index (χ3n) is 6.51. The highest BCUT2D eigenvalue weighted by Crippen LogP contribution is 2.44. The molecule has 0 heterocycles. The minimum Gasteiger partial charge on any atom is -0.493 e. The van der Waals surface area contributed by atoms with Crippen LogP contribution in [0.25, 0.3) is 11.1 Å². The van der Waals surface area contributed by atoms with Crippen LogP contribution in [0.5, 0.6) is 11.5 Å². The second-order valence-corrected chi connectivity index (χ2v) is 8.83. The first-order valence-electron chi connectivity index (χ1n) is 12.1. The normalized spacial score (nSPS) is 13.0. The van der Waals surface area contributed by atoms with Gasteiger partial charge in [-0.15, -0.1) is 0 Å². The van der Waals surface area contributed by atoms with Crippen LogP contribution in [0.4, 0.5) is 5.69 Å². The largest absolute Gasteiger partial charge is 0.493 e. The van der Waals surface area contributed by atoms with Gasteiger partial charge in [-0.2, -0.15) is 0 Å². The summed E-state index contributed by atoms with van der Waals surface area (Å²) >= 11 is 0. The van der Waals surface area contributed by atoms with Gasteiger partial charge in [0.25, 0.3) is 5.69 Å². The number of nitro groups is 1. The molecule has 9 heteroatoms. The number of hydrogen-bond donors (Lipinski definition) is 2. The number of nitrogens with one attached hydrogen (secondary N) is 1. The van der Waals surface area contributed by atoms with Gasteiger partial charge in [0.05, 0.1) is 43.6 Å². The molecular formula is C28H30N2O7. The Morgan fingerprint density at radius 1 is 1.08 bits per heavy atom. The Kier molecular flexibility index (Phi) is 8.37. The Bertz CT molecular complexity index is 1230. The van der Waals surface area contributed by atoms with Gasteiger partial charge in [-0.25, -0.2) is 0 Å². The summed E-state index contributed by atoms with van der Waals surface area (Å²) in [6, 6.07) is 19.1. The molecule has 9 nitrogen and oxygen atoms in total. The summed E-state index contributed by atoms with van der Waals surface area (Å²) in [6.07, 6.45) is 0.223. The number of aliphatic carboxylic acids is 1. The fourth-order valence-electron chi connectivity index (χ4n) is 4.66. The second kappa shape index (κ2) is 11.9. The Labute approximate surface area is 215 Å². The van der Waals surface area contributed by atoms with Crippen LogP contribution in [0.1, 0.15) is 48.4 Å². The SMILES string of the molecule is COc1cc(C(C)NCOCC2c3ccccc3-c3ccccc32)c([N+](=O)[O-])cc1OCCCC(=O)O. The number of rotatable bonds is 13. The van der Waals surface area contributed by atoms with Crippen molar-refractivity contribution in [1.29, 1.82) is 0 Å². The number of carboxylic acid groups (broad SMARTS) is 1. The zero-order valence-corrected chi connectivity index (χ0v) is 20.8. The molecule has 37 heavy (non-hydrogen) atoms. The third-order valence-corrected chi connectivity index (χ3v) is 6.51. The zero-order chi connectivity index (χ0) is 26.4. The van der Waals surface area contributed by atoms with Crippen LogP contribution < -0.4 is 14.8 Å². The minimum absolute atomic E-state index is 0.0541. The van der Waals surface area contributed by atoms with Crippen molar-refractivity contribution in [3.05, 3.63) is 87.5 Å². The molecule has 1 aliphatic carbocycles. The molecule has 1 aliphatic rings. The van der Waals surface area contributed by atoms with E-state index in [4.69, 9.17) is 19.3 Å². The molecule has 0 aliphatic heterocycles. The van der Waals surface area contributed by atoms with E-state index >= 15 is 0 Å². The van der Waals surface area contributed by atoms with Gasteiger partial charge >= 0.3 is 5.97 Å². The van der Waals surface area contributed by atoms with Crippen LogP contribution in [-0.4, -0.2) is 43.1 Å². The molecule has 0 bridgehead atoms. The average molecular weight is 507 g/mol. The van der Waals surface area contributed by atoms with Gasteiger partial charge in [-0.05, 0) is 41.7 Å². The predicted molar refractivity (Wildman–Crippen MR) is 138 cm³/mol. The number of carbonyl (C=O) groups is 1. The highest BCUT2D eigenvalue weighted by atomic mass is 16.6. The van der Waals surface area contributed by atoms with E-state index in [2.05, 4.69) is 29.6 Å². The monoisotopic (exact) mass is 506 g/mol. The molecule has 3 aromatic carbocycles. The topological polar surface area (TPSA) is 120 Å². The fourth-order valence-corrected chi connectivity index (χ4v) is 4.66. The van der Waals surface area contributed by atoms with Crippen LogP contribution in [0, 0.1) is 10.1 Å². The van der Waals surface area contributed by atoms with E-state index < -0.39 is 16.9 Å². The number of hydrogen-bond acceptors (Lipinski definition) is 7. The van der Waals surface area contributed by atoms with E-state index in [1.807, 2.05) is 31.2 Å². The summed E-state index contributed by atoms with van der Waals surface area (Å²) in [6.45, 7) is 2.60. The van der Waals surface area contributed by atoms with Gasteiger partial charge in [-0.1, -0.05) is 48.5 Å². The maximum absolute atomic E-state index is 11.8. The molecule has 0 aromatic heterocycles. The van der Waals surface area contributed by atoms with Gasteiger partial charge in [0.15, 0.2) is 11.5 Å². The van der Waals surface area contributed by atoms with Gasteiger partial charge < -0.3 is 19.3 Å². The first-order valence-corrected chi connectivity index (χ1v) is 12.1. The molecule has 0 spiro atoms. The van der Waals surface area contributed by atoms with Crippen molar-refractivity contribution in [2.24, 2.45) is 0 Å². The molecule has 3 aromatic rings. The van der Waals surface area contributed by atoms with E-state index in [-0.39, 0.29) is 43.5 Å². The summed E-state index contributed by atoms with van der Waals surface area (Å²) in [5.41, 5.74) is 5.22. The molecule has 1 unspecified atom stereocenters. The average Bonchev–Trinajstić information content (AvgIpc) is 3.22. The molecule has 0 amide bonds. The molecule has 4 rings (SSSR count). The summed E-state index contributed by atoms with van der Waals surface area (Å²) in [5.74, 6) is -0.271. The number of fused-ring (bicyclic) bond motifs is 3. The summed E-state index contributed by atoms with van der Waals surface area (Å²) < 4.78 is 17.0. The number of benzene rings is 3. The van der Waals surface area contributed by atoms with Gasteiger partial charge in [0, 0.05) is 18.4 Å². The Hall–Kier alpha value is -3.95. The van der Waals surface area contributed by atoms with Crippen molar-refractivity contribution < 1.29 is 29.0 Å². The van der Waals surface area contributed by atoms with Crippen molar-refractivity contribution in [1.82, 2.24) is 5.32 Å². The number of nitro benzene ring substituents is 1. The van der Waals surface area contributed by atoms with E-state index in [0.717, 1.165) is 0 Å². The molecule has 0 fully saturated rings. The van der Waals surface area contributed by atoms with Crippen LogP contribution in [0.15, 0.2) is 60.7 Å². The van der Waals surface area contributed by atoms with Crippen molar-refractivity contribution >= 4 is 11.7 Å². The molecule has 0 saturated heterocycles. The number of nitrogens with zero attached hydrogens (tertiary/aromatic N) is 1. The van der Waals surface area contributed by atoms with Gasteiger partial charge in [0.1, 0.15) is 0 Å². The maximum Gasteiger partial charge on any atom is 0.303 e. The maximum atomic E-state index is 11.8. The van der Waals surface area contributed by atoms with Crippen LogP contribution >= 0.6 is 0 Å². The standard InChI is InChI=1S/C28H30N2O7/c1-18(23-14-26(35-2)27(15-25(23)30(33)34)37-13-7-12-28(31)32)29-17-36-16-24-21-10-5-3-8-19(21)20-9-4-6-11-22(20)24/h3-6,8-11,14-15,18,24,29H,7,12-13,16-17H2,1-2H3,(H,31,32). The molecule has 2 N–H and O–H groups in total. The molecule has 1 atom stereocenters. The number of methoxy groups -OCH3 is 1. The van der Waals surface area contributed by atoms with E-state index in [1.165, 1.54) is 35.4 Å². The lowest BCUT2D eigenvalue weighted by molar-refractivity contribution is -0.385. The first-order chi connectivity index (χ1) is 17.9. The lowest BCUT2D eigenvalue weighted by atomic mass is 9.98. The van der Waals surface area contributed by atoms with Gasteiger partial charge in [0.2, 0.25) is 0 Å². The van der Waals surface area contributed by atoms with Gasteiger partial charge in [-0.3, -0.25) is 20.2 Å². The summed E-state index contributed by atoms with van der Waals surface area (Å²) in [7, 11) is 1.45. The van der Waals surface area contributed by atoms with Crippen LogP contribution in [0.3, 0.4) is 0 Å². The van der Waals surface area contributed by atoms with E-state index in [0.29, 0.717) is 17.9 Å². The van der Waals surface area contributed by atoms with Crippen LogP contribution in [0.2, 0.25) is 0 Å². The third kappa shape index (κ3) is 5.90.